The lowest BCUT2D eigenvalue weighted by Crippen LogP contribution is -2.24. The van der Waals surface area contributed by atoms with E-state index >= 15 is 0 Å². The molecular formula is C15H14N4O4. The number of aliphatic hydroxyl groups excluding tert-OH is 1. The lowest BCUT2D eigenvalue weighted by molar-refractivity contribution is -0.385. The molecule has 3 aromatic rings. The average Bonchev–Trinajstić information content (AvgIpc) is 2.96. The van der Waals surface area contributed by atoms with E-state index < -0.39 is 11.0 Å². The molecule has 1 aromatic heterocycles. The molecule has 0 fully saturated rings. The minimum Gasteiger partial charge on any atom is -0.484 e. The molecule has 118 valence electrons. The van der Waals surface area contributed by atoms with Gasteiger partial charge in [-0.2, -0.15) is 0 Å². The van der Waals surface area contributed by atoms with Crippen molar-refractivity contribution in [3.63, 3.8) is 0 Å². The predicted octanol–water partition coefficient (Wildman–Crippen LogP) is 1.78. The van der Waals surface area contributed by atoms with Gasteiger partial charge in [0.25, 0.3) is 0 Å². The van der Waals surface area contributed by atoms with Gasteiger partial charge in [-0.1, -0.05) is 29.5 Å². The summed E-state index contributed by atoms with van der Waals surface area (Å²) in [5, 5.41) is 29.0. The summed E-state index contributed by atoms with van der Waals surface area (Å²) < 4.78 is 6.94. The van der Waals surface area contributed by atoms with Crippen molar-refractivity contribution in [3.8, 4) is 5.75 Å². The van der Waals surface area contributed by atoms with Crippen LogP contribution in [0.25, 0.3) is 11.0 Å². The maximum atomic E-state index is 10.9. The van der Waals surface area contributed by atoms with Crippen LogP contribution in [0.4, 0.5) is 5.69 Å². The number of rotatable bonds is 6. The van der Waals surface area contributed by atoms with E-state index in [0.717, 1.165) is 11.0 Å². The van der Waals surface area contributed by atoms with Gasteiger partial charge in [-0.25, -0.2) is 4.68 Å². The molecule has 1 N–H and O–H groups in total. The zero-order chi connectivity index (χ0) is 16.2. The first kappa shape index (κ1) is 14.9. The molecular weight excluding hydrogens is 300 g/mol. The summed E-state index contributed by atoms with van der Waals surface area (Å²) in [4.78, 5) is 10.4. The van der Waals surface area contributed by atoms with Crippen LogP contribution in [0.5, 0.6) is 5.75 Å². The van der Waals surface area contributed by atoms with Crippen LogP contribution in [0, 0.1) is 10.1 Å². The number of fused-ring (bicyclic) bond motifs is 1. The summed E-state index contributed by atoms with van der Waals surface area (Å²) in [6.45, 7) is 0.0974. The zero-order valence-corrected chi connectivity index (χ0v) is 12.1. The molecule has 0 aliphatic rings. The van der Waals surface area contributed by atoms with E-state index in [1.807, 2.05) is 24.3 Å². The van der Waals surface area contributed by atoms with Gasteiger partial charge in [0.05, 0.1) is 17.0 Å². The molecule has 3 rings (SSSR count). The standard InChI is InChI=1S/C15H14N4O4/c20-11(9-18-13-6-2-1-5-12(13)16-17-18)10-23-15-8-4-3-7-14(15)19(21)22/h1-8,11,20H,9-10H2/t11-/m1/s1. The first-order valence-electron chi connectivity index (χ1n) is 6.97. The molecule has 0 saturated heterocycles. The van der Waals surface area contributed by atoms with Crippen molar-refractivity contribution in [3.05, 3.63) is 58.6 Å². The fourth-order valence-corrected chi connectivity index (χ4v) is 2.22. The highest BCUT2D eigenvalue weighted by atomic mass is 16.6. The van der Waals surface area contributed by atoms with Gasteiger partial charge in [-0.3, -0.25) is 10.1 Å². The Labute approximate surface area is 131 Å². The smallest absolute Gasteiger partial charge is 0.310 e. The molecule has 0 aliphatic carbocycles. The van der Waals surface area contributed by atoms with Gasteiger partial charge < -0.3 is 9.84 Å². The van der Waals surface area contributed by atoms with E-state index in [2.05, 4.69) is 10.3 Å². The molecule has 1 atom stereocenters. The summed E-state index contributed by atoms with van der Waals surface area (Å²) in [6.07, 6.45) is -0.875. The Morgan fingerprint density at radius 3 is 2.78 bits per heavy atom. The molecule has 0 radical (unpaired) electrons. The molecule has 23 heavy (non-hydrogen) atoms. The molecule has 0 saturated carbocycles. The van der Waals surface area contributed by atoms with E-state index in [1.165, 1.54) is 12.1 Å². The minimum absolute atomic E-state index is 0.0843. The highest BCUT2D eigenvalue weighted by molar-refractivity contribution is 5.73. The van der Waals surface area contributed by atoms with Gasteiger partial charge in [0.2, 0.25) is 0 Å². The van der Waals surface area contributed by atoms with Crippen LogP contribution in [0.1, 0.15) is 0 Å². The molecule has 0 bridgehead atoms. The third-order valence-electron chi connectivity index (χ3n) is 3.30. The summed E-state index contributed by atoms with van der Waals surface area (Å²) in [5.41, 5.74) is 1.41. The second-order valence-corrected chi connectivity index (χ2v) is 4.95. The molecule has 0 aliphatic heterocycles. The molecule has 0 amide bonds. The number of nitrogens with zero attached hydrogens (tertiary/aromatic N) is 4. The molecule has 0 unspecified atom stereocenters. The van der Waals surface area contributed by atoms with Crippen LogP contribution in [-0.2, 0) is 6.54 Å². The van der Waals surface area contributed by atoms with E-state index in [4.69, 9.17) is 4.74 Å². The molecule has 2 aromatic carbocycles. The second kappa shape index (κ2) is 6.41. The van der Waals surface area contributed by atoms with Crippen molar-refractivity contribution in [1.29, 1.82) is 0 Å². The van der Waals surface area contributed by atoms with Gasteiger partial charge in [0.1, 0.15) is 18.2 Å². The van der Waals surface area contributed by atoms with Crippen LogP contribution < -0.4 is 4.74 Å². The van der Waals surface area contributed by atoms with Gasteiger partial charge >= 0.3 is 5.69 Å². The summed E-state index contributed by atoms with van der Waals surface area (Å²) in [7, 11) is 0. The van der Waals surface area contributed by atoms with E-state index in [1.54, 1.807) is 16.8 Å². The number of aromatic nitrogens is 3. The van der Waals surface area contributed by atoms with Crippen LogP contribution >= 0.6 is 0 Å². The van der Waals surface area contributed by atoms with E-state index in [-0.39, 0.29) is 24.6 Å². The van der Waals surface area contributed by atoms with Crippen molar-refractivity contribution < 1.29 is 14.8 Å². The van der Waals surface area contributed by atoms with Gasteiger partial charge in [-0.05, 0) is 18.2 Å². The SMILES string of the molecule is O=[N+]([O-])c1ccccc1OC[C@H](O)Cn1nnc2ccccc21. The van der Waals surface area contributed by atoms with E-state index in [0.29, 0.717) is 0 Å². The number of para-hydroxylation sites is 3. The number of hydrogen-bond donors (Lipinski definition) is 1. The Morgan fingerprint density at radius 2 is 1.96 bits per heavy atom. The van der Waals surface area contributed by atoms with Crippen LogP contribution in [-0.4, -0.2) is 37.7 Å². The lowest BCUT2D eigenvalue weighted by Gasteiger charge is -2.12. The number of nitro benzene ring substituents is 1. The van der Waals surface area contributed by atoms with Crippen LogP contribution in [0.2, 0.25) is 0 Å². The molecule has 8 heteroatoms. The number of nitro groups is 1. The summed E-state index contributed by atoms with van der Waals surface area (Å²) in [6, 6.07) is 13.4. The van der Waals surface area contributed by atoms with Crippen molar-refractivity contribution >= 4 is 16.7 Å². The lowest BCUT2D eigenvalue weighted by atomic mass is 10.3. The van der Waals surface area contributed by atoms with Crippen molar-refractivity contribution in [2.24, 2.45) is 0 Å². The summed E-state index contributed by atoms with van der Waals surface area (Å²) >= 11 is 0. The monoisotopic (exact) mass is 314 g/mol. The van der Waals surface area contributed by atoms with Gasteiger partial charge in [0.15, 0.2) is 5.75 Å². The van der Waals surface area contributed by atoms with Crippen molar-refractivity contribution in [2.75, 3.05) is 6.61 Å². The third-order valence-corrected chi connectivity index (χ3v) is 3.30. The molecule has 8 nitrogen and oxygen atoms in total. The largest absolute Gasteiger partial charge is 0.484 e. The normalized spacial score (nSPS) is 12.2. The van der Waals surface area contributed by atoms with Gasteiger partial charge in [-0.15, -0.1) is 5.10 Å². The Balaban J connectivity index is 1.66. The Morgan fingerprint density at radius 1 is 1.22 bits per heavy atom. The highest BCUT2D eigenvalue weighted by Gasteiger charge is 2.16. The second-order valence-electron chi connectivity index (χ2n) is 4.95. The maximum absolute atomic E-state index is 10.9. The number of benzene rings is 2. The first-order valence-corrected chi connectivity index (χ1v) is 6.97. The van der Waals surface area contributed by atoms with Crippen LogP contribution in [0.3, 0.4) is 0 Å². The molecule has 0 spiro atoms. The molecule has 1 heterocycles. The number of aliphatic hydroxyl groups is 1. The quantitative estimate of drug-likeness (QED) is 0.549. The first-order chi connectivity index (χ1) is 11.1. The van der Waals surface area contributed by atoms with Gasteiger partial charge in [0, 0.05) is 6.07 Å². The average molecular weight is 314 g/mol. The minimum atomic E-state index is -0.875. The summed E-state index contributed by atoms with van der Waals surface area (Å²) in [5.74, 6) is 0.125. The third kappa shape index (κ3) is 3.27. The topological polar surface area (TPSA) is 103 Å². The maximum Gasteiger partial charge on any atom is 0.310 e. The fourth-order valence-electron chi connectivity index (χ4n) is 2.22. The van der Waals surface area contributed by atoms with Crippen molar-refractivity contribution in [2.45, 2.75) is 12.6 Å². The number of hydrogen-bond acceptors (Lipinski definition) is 6. The van der Waals surface area contributed by atoms with E-state index in [9.17, 15) is 15.2 Å². The number of ether oxygens (including phenoxy) is 1. The Kier molecular flexibility index (Phi) is 4.15. The van der Waals surface area contributed by atoms with Crippen LogP contribution in [0.15, 0.2) is 48.5 Å². The fraction of sp³-hybridized carbons (Fsp3) is 0.200. The Bertz CT molecular complexity index is 833. The highest BCUT2D eigenvalue weighted by Crippen LogP contribution is 2.25. The van der Waals surface area contributed by atoms with Crippen molar-refractivity contribution in [1.82, 2.24) is 15.0 Å². The Hall–Kier alpha value is -3.00. The zero-order valence-electron chi connectivity index (χ0n) is 12.1. The predicted molar refractivity (Wildman–Crippen MR) is 82.1 cm³/mol.